The van der Waals surface area contributed by atoms with E-state index in [9.17, 15) is 18.5 Å². The highest BCUT2D eigenvalue weighted by molar-refractivity contribution is 7.89. The molecule has 33 heavy (non-hydrogen) atoms. The first-order chi connectivity index (χ1) is 15.8. The maximum atomic E-state index is 12.9. The smallest absolute Gasteiger partial charge is 0.269 e. The van der Waals surface area contributed by atoms with Crippen LogP contribution in [-0.2, 0) is 10.0 Å². The number of nitro groups is 1. The summed E-state index contributed by atoms with van der Waals surface area (Å²) in [6.07, 6.45) is 0. The Morgan fingerprint density at radius 3 is 2.27 bits per heavy atom. The molecule has 0 bridgehead atoms. The van der Waals surface area contributed by atoms with Crippen LogP contribution in [0, 0.1) is 10.1 Å². The highest BCUT2D eigenvalue weighted by Gasteiger charge is 2.29. The molecule has 0 saturated carbocycles. The van der Waals surface area contributed by atoms with E-state index in [0.29, 0.717) is 37.7 Å². The van der Waals surface area contributed by atoms with Gasteiger partial charge in [-0.2, -0.15) is 4.31 Å². The van der Waals surface area contributed by atoms with Gasteiger partial charge in [0.15, 0.2) is 16.6 Å². The first-order valence-corrected chi connectivity index (χ1v) is 12.3. The monoisotopic (exact) mass is 490 g/mol. The molecule has 0 amide bonds. The SMILES string of the molecule is COc1ccc(-c2csc(N3CCN(S(=O)(=O)c4ccc([N+](=O)[O-])cc4)CC3)n2)cc1OC. The third-order valence-corrected chi connectivity index (χ3v) is 8.18. The number of rotatable bonds is 7. The minimum atomic E-state index is -3.72. The number of ether oxygens (including phenoxy) is 2. The van der Waals surface area contributed by atoms with Crippen molar-refractivity contribution in [3.8, 4) is 22.8 Å². The van der Waals surface area contributed by atoms with Crippen LogP contribution < -0.4 is 14.4 Å². The number of anilines is 1. The van der Waals surface area contributed by atoms with Crippen molar-refractivity contribution in [3.63, 3.8) is 0 Å². The van der Waals surface area contributed by atoms with Crippen LogP contribution in [0.5, 0.6) is 11.5 Å². The summed E-state index contributed by atoms with van der Waals surface area (Å²) in [6.45, 7) is 1.57. The molecule has 2 aromatic carbocycles. The van der Waals surface area contributed by atoms with Crippen LogP contribution in [0.1, 0.15) is 0 Å². The number of hydrogen-bond donors (Lipinski definition) is 0. The second-order valence-electron chi connectivity index (χ2n) is 7.23. The van der Waals surface area contributed by atoms with Crippen LogP contribution in [0.15, 0.2) is 52.7 Å². The quantitative estimate of drug-likeness (QED) is 0.366. The van der Waals surface area contributed by atoms with Crippen molar-refractivity contribution in [2.75, 3.05) is 45.3 Å². The lowest BCUT2D eigenvalue weighted by molar-refractivity contribution is -0.384. The van der Waals surface area contributed by atoms with Gasteiger partial charge >= 0.3 is 0 Å². The lowest BCUT2D eigenvalue weighted by atomic mass is 10.1. The van der Waals surface area contributed by atoms with Crippen molar-refractivity contribution >= 4 is 32.2 Å². The van der Waals surface area contributed by atoms with E-state index in [4.69, 9.17) is 14.5 Å². The molecule has 1 aromatic heterocycles. The van der Waals surface area contributed by atoms with E-state index < -0.39 is 14.9 Å². The number of aromatic nitrogens is 1. The molecule has 1 fully saturated rings. The molecule has 0 spiro atoms. The molecule has 10 nitrogen and oxygen atoms in total. The van der Waals surface area contributed by atoms with E-state index in [1.807, 2.05) is 23.6 Å². The maximum Gasteiger partial charge on any atom is 0.269 e. The number of thiazole rings is 1. The number of piperazine rings is 1. The summed E-state index contributed by atoms with van der Waals surface area (Å²) < 4.78 is 37.9. The van der Waals surface area contributed by atoms with E-state index >= 15 is 0 Å². The molecule has 0 radical (unpaired) electrons. The molecule has 0 N–H and O–H groups in total. The number of hydrogen-bond acceptors (Lipinski definition) is 9. The molecule has 4 rings (SSSR count). The third kappa shape index (κ3) is 4.63. The number of nitrogens with zero attached hydrogens (tertiary/aromatic N) is 4. The van der Waals surface area contributed by atoms with Crippen molar-refractivity contribution in [2.45, 2.75) is 4.90 Å². The van der Waals surface area contributed by atoms with Crippen molar-refractivity contribution in [1.29, 1.82) is 0 Å². The summed E-state index contributed by atoms with van der Waals surface area (Å²) in [5.41, 5.74) is 1.55. The second-order valence-corrected chi connectivity index (χ2v) is 10.0. The summed E-state index contributed by atoms with van der Waals surface area (Å²) in [4.78, 5) is 17.1. The summed E-state index contributed by atoms with van der Waals surface area (Å²) >= 11 is 1.49. The average Bonchev–Trinajstić information content (AvgIpc) is 3.34. The molecule has 1 aliphatic heterocycles. The molecule has 2 heterocycles. The van der Waals surface area contributed by atoms with Gasteiger partial charge in [-0.15, -0.1) is 11.3 Å². The predicted octanol–water partition coefficient (Wildman–Crippen LogP) is 3.25. The van der Waals surface area contributed by atoms with Gasteiger partial charge in [0.2, 0.25) is 10.0 Å². The van der Waals surface area contributed by atoms with Crippen LogP contribution in [0.3, 0.4) is 0 Å². The minimum absolute atomic E-state index is 0.0477. The van der Waals surface area contributed by atoms with Crippen LogP contribution in [0.25, 0.3) is 11.3 Å². The van der Waals surface area contributed by atoms with Crippen molar-refractivity contribution < 1.29 is 22.8 Å². The summed E-state index contributed by atoms with van der Waals surface area (Å²) in [7, 11) is -0.556. The molecule has 1 saturated heterocycles. The number of non-ortho nitro benzene ring substituents is 1. The first kappa shape index (κ1) is 23.0. The van der Waals surface area contributed by atoms with Gasteiger partial charge in [0.05, 0.1) is 29.7 Å². The lowest BCUT2D eigenvalue weighted by Gasteiger charge is -2.33. The molecule has 1 aliphatic rings. The fourth-order valence-corrected chi connectivity index (χ4v) is 5.86. The Kier molecular flexibility index (Phi) is 6.49. The van der Waals surface area contributed by atoms with Crippen molar-refractivity contribution in [1.82, 2.24) is 9.29 Å². The highest BCUT2D eigenvalue weighted by atomic mass is 32.2. The van der Waals surface area contributed by atoms with E-state index in [2.05, 4.69) is 4.90 Å². The van der Waals surface area contributed by atoms with Gasteiger partial charge in [0.25, 0.3) is 5.69 Å². The van der Waals surface area contributed by atoms with Gasteiger partial charge in [0.1, 0.15) is 0 Å². The van der Waals surface area contributed by atoms with E-state index in [-0.39, 0.29) is 10.6 Å². The second kappa shape index (κ2) is 9.33. The summed E-state index contributed by atoms with van der Waals surface area (Å²) in [6, 6.07) is 10.6. The van der Waals surface area contributed by atoms with Gasteiger partial charge in [-0.05, 0) is 30.3 Å². The molecule has 174 valence electrons. The Bertz CT molecular complexity index is 1250. The lowest BCUT2D eigenvalue weighted by Crippen LogP contribution is -2.48. The van der Waals surface area contributed by atoms with Crippen molar-refractivity contribution in [2.24, 2.45) is 0 Å². The molecule has 3 aromatic rings. The van der Waals surface area contributed by atoms with Gasteiger partial charge in [0, 0.05) is 49.3 Å². The summed E-state index contributed by atoms with van der Waals surface area (Å²) in [5.74, 6) is 1.26. The zero-order valence-electron chi connectivity index (χ0n) is 18.0. The Morgan fingerprint density at radius 2 is 1.67 bits per heavy atom. The maximum absolute atomic E-state index is 12.9. The van der Waals surface area contributed by atoms with E-state index in [0.717, 1.165) is 16.4 Å². The zero-order valence-corrected chi connectivity index (χ0v) is 19.6. The predicted molar refractivity (Wildman–Crippen MR) is 125 cm³/mol. The van der Waals surface area contributed by atoms with E-state index in [1.165, 1.54) is 39.9 Å². The number of sulfonamides is 1. The summed E-state index contributed by atoms with van der Waals surface area (Å²) in [5, 5.41) is 13.6. The highest BCUT2D eigenvalue weighted by Crippen LogP contribution is 2.34. The topological polar surface area (TPSA) is 115 Å². The zero-order chi connectivity index (χ0) is 23.6. The van der Waals surface area contributed by atoms with Gasteiger partial charge < -0.3 is 14.4 Å². The third-order valence-electron chi connectivity index (χ3n) is 5.37. The number of nitro benzene ring substituents is 1. The Balaban J connectivity index is 1.44. The number of benzene rings is 2. The molecule has 0 atom stereocenters. The largest absolute Gasteiger partial charge is 0.493 e. The van der Waals surface area contributed by atoms with Crippen molar-refractivity contribution in [3.05, 3.63) is 58.0 Å². The van der Waals surface area contributed by atoms with Crippen LogP contribution in [-0.4, -0.2) is 63.0 Å². The van der Waals surface area contributed by atoms with Gasteiger partial charge in [-0.25, -0.2) is 13.4 Å². The normalized spacial score (nSPS) is 14.8. The van der Waals surface area contributed by atoms with Crippen LogP contribution in [0.4, 0.5) is 10.8 Å². The Labute approximate surface area is 195 Å². The van der Waals surface area contributed by atoms with E-state index in [1.54, 1.807) is 14.2 Å². The van der Waals surface area contributed by atoms with Crippen LogP contribution >= 0.6 is 11.3 Å². The fourth-order valence-electron chi connectivity index (χ4n) is 3.55. The van der Waals surface area contributed by atoms with Gasteiger partial charge in [-0.3, -0.25) is 10.1 Å². The standard InChI is InChI=1S/C21H22N4O6S2/c1-30-19-8-3-15(13-20(19)31-2)18-14-32-21(22-18)23-9-11-24(12-10-23)33(28,29)17-6-4-16(5-7-17)25(26)27/h3-8,13-14H,9-12H2,1-2H3. The molecule has 0 aliphatic carbocycles. The molecular formula is C21H22N4O6S2. The molecule has 12 heteroatoms. The van der Waals surface area contributed by atoms with Gasteiger partial charge in [-0.1, -0.05) is 0 Å². The molecular weight excluding hydrogens is 468 g/mol. The Morgan fingerprint density at radius 1 is 1.00 bits per heavy atom. The fraction of sp³-hybridized carbons (Fsp3) is 0.286. The minimum Gasteiger partial charge on any atom is -0.493 e. The average molecular weight is 491 g/mol. The van der Waals surface area contributed by atoms with Crippen LogP contribution in [0.2, 0.25) is 0 Å². The Hall–Kier alpha value is -3.22. The first-order valence-electron chi connectivity index (χ1n) is 10.0. The number of methoxy groups -OCH3 is 2. The molecule has 0 unspecified atom stereocenters.